The number of nitrogens with one attached hydrogen (secondary N) is 2. The average molecular weight is 238 g/mol. The third-order valence-corrected chi connectivity index (χ3v) is 4.89. The van der Waals surface area contributed by atoms with Crippen molar-refractivity contribution < 1.29 is 4.79 Å². The van der Waals surface area contributed by atoms with Crippen LogP contribution in [0.3, 0.4) is 0 Å². The maximum absolute atomic E-state index is 12.2. The van der Waals surface area contributed by atoms with Crippen molar-refractivity contribution in [3.8, 4) is 0 Å². The number of carbonyl (C=O) groups excluding carboxylic acids is 1. The van der Waals surface area contributed by atoms with Gasteiger partial charge in [-0.05, 0) is 30.7 Å². The molecule has 1 heterocycles. The molecule has 2 aliphatic rings. The molecule has 2 rings (SSSR count). The van der Waals surface area contributed by atoms with Gasteiger partial charge in [-0.15, -0.1) is 0 Å². The lowest BCUT2D eigenvalue weighted by Gasteiger charge is -2.35. The van der Waals surface area contributed by atoms with E-state index in [1.54, 1.807) is 0 Å². The van der Waals surface area contributed by atoms with Crippen LogP contribution >= 0.6 is 0 Å². The van der Waals surface area contributed by atoms with E-state index in [-0.39, 0.29) is 11.8 Å². The third-order valence-electron chi connectivity index (χ3n) is 4.89. The molecule has 0 radical (unpaired) electrons. The van der Waals surface area contributed by atoms with Crippen molar-refractivity contribution in [2.24, 2.45) is 23.7 Å². The van der Waals surface area contributed by atoms with Crippen LogP contribution < -0.4 is 10.6 Å². The molecule has 0 aromatic rings. The summed E-state index contributed by atoms with van der Waals surface area (Å²) in [6.07, 6.45) is 3.73. The van der Waals surface area contributed by atoms with Crippen LogP contribution in [0.25, 0.3) is 0 Å². The summed E-state index contributed by atoms with van der Waals surface area (Å²) in [5, 5.41) is 6.59. The molecule has 1 saturated carbocycles. The fourth-order valence-electron chi connectivity index (χ4n) is 3.24. The van der Waals surface area contributed by atoms with Crippen molar-refractivity contribution >= 4 is 5.91 Å². The van der Waals surface area contributed by atoms with Crippen molar-refractivity contribution in [1.29, 1.82) is 0 Å². The lowest BCUT2D eigenvalue weighted by molar-refractivity contribution is -0.126. The Morgan fingerprint density at radius 1 is 1.12 bits per heavy atom. The Balaban J connectivity index is 1.89. The first-order valence-electron chi connectivity index (χ1n) is 7.10. The van der Waals surface area contributed by atoms with E-state index in [0.717, 1.165) is 25.4 Å². The highest BCUT2D eigenvalue weighted by Crippen LogP contribution is 2.30. The Morgan fingerprint density at radius 2 is 1.88 bits per heavy atom. The van der Waals surface area contributed by atoms with Gasteiger partial charge in [-0.25, -0.2) is 0 Å². The topological polar surface area (TPSA) is 41.1 Å². The standard InChI is InChI=1S/C14H26N2O/c1-9-5-4-6-13(11(9)3)16-14(17)12-8-15-7-10(12)2/h9-13,15H,4-8H2,1-3H3,(H,16,17). The quantitative estimate of drug-likeness (QED) is 0.770. The van der Waals surface area contributed by atoms with Gasteiger partial charge in [0.1, 0.15) is 0 Å². The van der Waals surface area contributed by atoms with Crippen molar-refractivity contribution in [3.05, 3.63) is 0 Å². The maximum atomic E-state index is 12.2. The van der Waals surface area contributed by atoms with Crippen LogP contribution in [-0.2, 0) is 4.79 Å². The Labute approximate surface area is 105 Å². The fourth-order valence-corrected chi connectivity index (χ4v) is 3.24. The molecule has 1 amide bonds. The zero-order chi connectivity index (χ0) is 12.4. The van der Waals surface area contributed by atoms with Gasteiger partial charge in [-0.3, -0.25) is 4.79 Å². The van der Waals surface area contributed by atoms with Crippen LogP contribution in [0.1, 0.15) is 40.0 Å². The first kappa shape index (κ1) is 12.9. The van der Waals surface area contributed by atoms with Gasteiger partial charge in [0.15, 0.2) is 0 Å². The Bertz CT molecular complexity index is 279. The number of hydrogen-bond donors (Lipinski definition) is 2. The summed E-state index contributed by atoms with van der Waals surface area (Å²) >= 11 is 0. The molecule has 1 saturated heterocycles. The van der Waals surface area contributed by atoms with Crippen LogP contribution in [0.5, 0.6) is 0 Å². The van der Waals surface area contributed by atoms with Crippen LogP contribution in [0.2, 0.25) is 0 Å². The molecule has 1 aliphatic heterocycles. The number of carbonyl (C=O) groups is 1. The second-order valence-electron chi connectivity index (χ2n) is 6.12. The Kier molecular flexibility index (Phi) is 4.08. The van der Waals surface area contributed by atoms with Crippen molar-refractivity contribution in [3.63, 3.8) is 0 Å². The van der Waals surface area contributed by atoms with E-state index in [0.29, 0.717) is 17.9 Å². The predicted octanol–water partition coefficient (Wildman–Crippen LogP) is 1.78. The van der Waals surface area contributed by atoms with Crippen molar-refractivity contribution in [1.82, 2.24) is 10.6 Å². The molecule has 0 aromatic heterocycles. The van der Waals surface area contributed by atoms with E-state index in [1.807, 2.05) is 0 Å². The normalized spacial score (nSPS) is 42.4. The number of hydrogen-bond acceptors (Lipinski definition) is 2. The van der Waals surface area contributed by atoms with Crippen molar-refractivity contribution in [2.75, 3.05) is 13.1 Å². The van der Waals surface area contributed by atoms with E-state index in [9.17, 15) is 4.79 Å². The summed E-state index contributed by atoms with van der Waals surface area (Å²) in [5.41, 5.74) is 0. The zero-order valence-electron chi connectivity index (χ0n) is 11.3. The highest BCUT2D eigenvalue weighted by molar-refractivity contribution is 5.79. The van der Waals surface area contributed by atoms with Crippen LogP contribution in [-0.4, -0.2) is 25.0 Å². The SMILES string of the molecule is CC1CNCC1C(=O)NC1CCCC(C)C1C. The van der Waals surface area contributed by atoms with Gasteiger partial charge < -0.3 is 10.6 Å². The van der Waals surface area contributed by atoms with Gasteiger partial charge in [0.25, 0.3) is 0 Å². The molecule has 2 fully saturated rings. The average Bonchev–Trinajstić information content (AvgIpc) is 2.71. The van der Waals surface area contributed by atoms with Crippen molar-refractivity contribution in [2.45, 2.75) is 46.1 Å². The second-order valence-corrected chi connectivity index (χ2v) is 6.12. The molecular formula is C14H26N2O. The lowest BCUT2D eigenvalue weighted by atomic mass is 9.78. The van der Waals surface area contributed by atoms with Crippen LogP contribution in [0.4, 0.5) is 0 Å². The van der Waals surface area contributed by atoms with Gasteiger partial charge in [0.05, 0.1) is 5.92 Å². The second kappa shape index (κ2) is 5.38. The van der Waals surface area contributed by atoms with Gasteiger partial charge in [0, 0.05) is 12.6 Å². The van der Waals surface area contributed by atoms with E-state index >= 15 is 0 Å². The predicted molar refractivity (Wildman–Crippen MR) is 69.6 cm³/mol. The molecular weight excluding hydrogens is 212 g/mol. The third kappa shape index (κ3) is 2.82. The fraction of sp³-hybridized carbons (Fsp3) is 0.929. The molecule has 3 nitrogen and oxygen atoms in total. The summed E-state index contributed by atoms with van der Waals surface area (Å²) in [6, 6.07) is 0.402. The summed E-state index contributed by atoms with van der Waals surface area (Å²) in [5.74, 6) is 2.30. The molecule has 5 atom stereocenters. The summed E-state index contributed by atoms with van der Waals surface area (Å²) in [7, 11) is 0. The largest absolute Gasteiger partial charge is 0.353 e. The minimum absolute atomic E-state index is 0.180. The highest BCUT2D eigenvalue weighted by atomic mass is 16.2. The summed E-state index contributed by atoms with van der Waals surface area (Å²) in [4.78, 5) is 12.2. The van der Waals surface area contributed by atoms with E-state index in [2.05, 4.69) is 31.4 Å². The van der Waals surface area contributed by atoms with Gasteiger partial charge in [-0.1, -0.05) is 33.6 Å². The first-order valence-corrected chi connectivity index (χ1v) is 7.10. The molecule has 0 spiro atoms. The minimum atomic E-state index is 0.180. The van der Waals surface area contributed by atoms with E-state index in [4.69, 9.17) is 0 Å². The summed E-state index contributed by atoms with van der Waals surface area (Å²) < 4.78 is 0. The molecule has 1 aliphatic carbocycles. The molecule has 0 aromatic carbocycles. The number of rotatable bonds is 2. The van der Waals surface area contributed by atoms with Gasteiger partial charge >= 0.3 is 0 Å². The van der Waals surface area contributed by atoms with Gasteiger partial charge in [-0.2, -0.15) is 0 Å². The smallest absolute Gasteiger partial charge is 0.224 e. The van der Waals surface area contributed by atoms with Crippen LogP contribution in [0, 0.1) is 23.7 Å². The monoisotopic (exact) mass is 238 g/mol. The van der Waals surface area contributed by atoms with Crippen LogP contribution in [0.15, 0.2) is 0 Å². The molecule has 5 unspecified atom stereocenters. The molecule has 2 N–H and O–H groups in total. The Hall–Kier alpha value is -0.570. The highest BCUT2D eigenvalue weighted by Gasteiger charge is 2.33. The lowest BCUT2D eigenvalue weighted by Crippen LogP contribution is -2.47. The first-order chi connectivity index (χ1) is 8.09. The minimum Gasteiger partial charge on any atom is -0.353 e. The van der Waals surface area contributed by atoms with Gasteiger partial charge in [0.2, 0.25) is 5.91 Å². The van der Waals surface area contributed by atoms with E-state index in [1.165, 1.54) is 12.8 Å². The number of amides is 1. The molecule has 98 valence electrons. The van der Waals surface area contributed by atoms with E-state index < -0.39 is 0 Å². The zero-order valence-corrected chi connectivity index (χ0v) is 11.3. The Morgan fingerprint density at radius 3 is 2.53 bits per heavy atom. The molecule has 17 heavy (non-hydrogen) atoms. The summed E-state index contributed by atoms with van der Waals surface area (Å²) in [6.45, 7) is 8.59. The molecule has 0 bridgehead atoms. The maximum Gasteiger partial charge on any atom is 0.224 e. The molecule has 3 heteroatoms.